The van der Waals surface area contributed by atoms with Crippen LogP contribution in [0.1, 0.15) is 0 Å². The topological polar surface area (TPSA) is 56.5 Å². The van der Waals surface area contributed by atoms with E-state index in [0.717, 1.165) is 88.7 Å². The lowest BCUT2D eigenvalue weighted by atomic mass is 9.85. The summed E-state index contributed by atoms with van der Waals surface area (Å²) in [7, 11) is 0. The molecule has 5 nitrogen and oxygen atoms in total. The van der Waals surface area contributed by atoms with E-state index in [1.54, 1.807) is 0 Å². The van der Waals surface area contributed by atoms with Gasteiger partial charge in [-0.1, -0.05) is 206 Å². The summed E-state index contributed by atoms with van der Waals surface area (Å²) >= 11 is 0. The van der Waals surface area contributed by atoms with Gasteiger partial charge in [-0.3, -0.25) is 0 Å². The van der Waals surface area contributed by atoms with Gasteiger partial charge in [-0.25, -0.2) is 19.6 Å². The Bertz CT molecular complexity index is 3310. The van der Waals surface area contributed by atoms with E-state index in [9.17, 15) is 0 Å². The van der Waals surface area contributed by atoms with E-state index in [1.165, 1.54) is 0 Å². The molecular formula is C56H37N5. The molecule has 0 aliphatic rings. The fourth-order valence-corrected chi connectivity index (χ4v) is 8.42. The van der Waals surface area contributed by atoms with E-state index in [1.807, 2.05) is 42.5 Å². The van der Waals surface area contributed by atoms with Crippen molar-refractivity contribution in [1.29, 1.82) is 0 Å². The highest BCUT2D eigenvalue weighted by Crippen LogP contribution is 2.48. The van der Waals surface area contributed by atoms with E-state index in [-0.39, 0.29) is 0 Å². The van der Waals surface area contributed by atoms with Crippen molar-refractivity contribution in [3.8, 4) is 84.5 Å². The maximum Gasteiger partial charge on any atom is 0.164 e. The average molecular weight is 780 g/mol. The lowest BCUT2D eigenvalue weighted by Crippen LogP contribution is -2.00. The number of para-hydroxylation sites is 1. The summed E-state index contributed by atoms with van der Waals surface area (Å²) in [4.78, 5) is 15.3. The normalized spacial score (nSPS) is 11.3. The van der Waals surface area contributed by atoms with Gasteiger partial charge in [-0.2, -0.15) is 5.10 Å². The van der Waals surface area contributed by atoms with Crippen molar-refractivity contribution >= 4 is 21.7 Å². The summed E-state index contributed by atoms with van der Waals surface area (Å²) < 4.78 is 2.12. The zero-order chi connectivity index (χ0) is 40.5. The van der Waals surface area contributed by atoms with E-state index in [4.69, 9.17) is 20.1 Å². The van der Waals surface area contributed by atoms with E-state index in [0.29, 0.717) is 17.5 Å². The molecule has 0 saturated carbocycles. The summed E-state index contributed by atoms with van der Waals surface area (Å²) in [6.45, 7) is 0. The predicted octanol–water partition coefficient (Wildman–Crippen LogP) is 14.0. The predicted molar refractivity (Wildman–Crippen MR) is 250 cm³/mol. The Morgan fingerprint density at radius 3 is 1.34 bits per heavy atom. The average Bonchev–Trinajstić information content (AvgIpc) is 3.76. The minimum absolute atomic E-state index is 0.611. The Balaban J connectivity index is 1.13. The second-order valence-corrected chi connectivity index (χ2v) is 15.0. The van der Waals surface area contributed by atoms with Gasteiger partial charge < -0.3 is 0 Å². The molecule has 61 heavy (non-hydrogen) atoms. The van der Waals surface area contributed by atoms with Crippen LogP contribution in [0.4, 0.5) is 0 Å². The zero-order valence-corrected chi connectivity index (χ0v) is 33.1. The third-order valence-corrected chi connectivity index (χ3v) is 11.3. The Labute approximate surface area is 354 Å². The van der Waals surface area contributed by atoms with E-state index in [2.05, 4.69) is 187 Å². The van der Waals surface area contributed by atoms with Gasteiger partial charge in [0.1, 0.15) is 5.69 Å². The molecular weight excluding hydrogens is 743 g/mol. The summed E-state index contributed by atoms with van der Waals surface area (Å²) in [5.41, 5.74) is 13.6. The molecule has 5 heteroatoms. The summed E-state index contributed by atoms with van der Waals surface area (Å²) in [5.74, 6) is 1.86. The van der Waals surface area contributed by atoms with Crippen molar-refractivity contribution < 1.29 is 0 Å². The molecule has 0 amide bonds. The maximum atomic E-state index is 5.44. The Morgan fingerprint density at radius 2 is 0.721 bits per heavy atom. The fraction of sp³-hybridized carbons (Fsp3) is 0. The molecule has 2 heterocycles. The van der Waals surface area contributed by atoms with Crippen LogP contribution >= 0.6 is 0 Å². The minimum atomic E-state index is 0.611. The SMILES string of the molecule is c1ccc(-c2cccc(-c3nc(-c4ccccc4)nc(-c4ccc(-c5c(-c6ccccc6)c6c(-c7ccccc7)nn(-c7ccccc7)c6c6ccccc56)cc4)n3)c2)cc1. The molecule has 2 aromatic heterocycles. The van der Waals surface area contributed by atoms with Gasteiger partial charge in [0, 0.05) is 38.6 Å². The Morgan fingerprint density at radius 1 is 0.295 bits per heavy atom. The summed E-state index contributed by atoms with van der Waals surface area (Å²) in [5, 5.41) is 8.81. The smallest absolute Gasteiger partial charge is 0.164 e. The van der Waals surface area contributed by atoms with Gasteiger partial charge in [0.2, 0.25) is 0 Å². The first-order chi connectivity index (χ1) is 30.3. The van der Waals surface area contributed by atoms with Gasteiger partial charge in [0.05, 0.1) is 11.2 Å². The molecule has 0 N–H and O–H groups in total. The summed E-state index contributed by atoms with van der Waals surface area (Å²) in [6.07, 6.45) is 0. The molecule has 0 unspecified atom stereocenters. The van der Waals surface area contributed by atoms with Crippen LogP contribution in [-0.4, -0.2) is 24.7 Å². The van der Waals surface area contributed by atoms with Crippen molar-refractivity contribution in [1.82, 2.24) is 24.7 Å². The van der Waals surface area contributed by atoms with E-state index < -0.39 is 0 Å². The zero-order valence-electron chi connectivity index (χ0n) is 33.1. The second kappa shape index (κ2) is 15.5. The highest BCUT2D eigenvalue weighted by molar-refractivity contribution is 6.24. The van der Waals surface area contributed by atoms with Gasteiger partial charge in [0.25, 0.3) is 0 Å². The maximum absolute atomic E-state index is 5.44. The van der Waals surface area contributed by atoms with Crippen molar-refractivity contribution in [3.63, 3.8) is 0 Å². The van der Waals surface area contributed by atoms with Crippen molar-refractivity contribution in [2.45, 2.75) is 0 Å². The number of fused-ring (bicyclic) bond motifs is 3. The van der Waals surface area contributed by atoms with Gasteiger partial charge >= 0.3 is 0 Å². The number of hydrogen-bond donors (Lipinski definition) is 0. The fourth-order valence-electron chi connectivity index (χ4n) is 8.42. The van der Waals surface area contributed by atoms with E-state index >= 15 is 0 Å². The first-order valence-electron chi connectivity index (χ1n) is 20.5. The summed E-state index contributed by atoms with van der Waals surface area (Å²) in [6, 6.07) is 78.1. The molecule has 0 atom stereocenters. The highest BCUT2D eigenvalue weighted by atomic mass is 15.3. The van der Waals surface area contributed by atoms with Crippen LogP contribution in [0.25, 0.3) is 106 Å². The Hall–Kier alpha value is -8.28. The first kappa shape index (κ1) is 35.8. The lowest BCUT2D eigenvalue weighted by molar-refractivity contribution is 0.918. The van der Waals surface area contributed by atoms with Crippen LogP contribution in [-0.2, 0) is 0 Å². The van der Waals surface area contributed by atoms with Crippen LogP contribution in [0.2, 0.25) is 0 Å². The molecule has 0 bridgehead atoms. The van der Waals surface area contributed by atoms with Crippen LogP contribution in [0, 0.1) is 0 Å². The lowest BCUT2D eigenvalue weighted by Gasteiger charge is -2.18. The van der Waals surface area contributed by atoms with Crippen molar-refractivity contribution in [2.75, 3.05) is 0 Å². The second-order valence-electron chi connectivity index (χ2n) is 15.0. The number of nitrogens with zero attached hydrogens (tertiary/aromatic N) is 5. The third-order valence-electron chi connectivity index (χ3n) is 11.3. The minimum Gasteiger partial charge on any atom is -0.232 e. The molecule has 0 fully saturated rings. The van der Waals surface area contributed by atoms with Crippen LogP contribution in [0.5, 0.6) is 0 Å². The molecule has 11 aromatic rings. The highest BCUT2D eigenvalue weighted by Gasteiger charge is 2.25. The van der Waals surface area contributed by atoms with Crippen LogP contribution in [0.15, 0.2) is 224 Å². The first-order valence-corrected chi connectivity index (χ1v) is 20.5. The van der Waals surface area contributed by atoms with Crippen molar-refractivity contribution in [2.24, 2.45) is 0 Å². The number of hydrogen-bond acceptors (Lipinski definition) is 4. The van der Waals surface area contributed by atoms with Crippen LogP contribution < -0.4 is 0 Å². The number of rotatable bonds is 8. The molecule has 0 aliphatic heterocycles. The molecule has 0 spiro atoms. The number of benzene rings is 9. The van der Waals surface area contributed by atoms with Crippen LogP contribution in [0.3, 0.4) is 0 Å². The van der Waals surface area contributed by atoms with Gasteiger partial charge in [-0.15, -0.1) is 0 Å². The molecule has 0 saturated heterocycles. The van der Waals surface area contributed by atoms with Crippen molar-refractivity contribution in [3.05, 3.63) is 224 Å². The largest absolute Gasteiger partial charge is 0.232 e. The third kappa shape index (κ3) is 6.64. The molecule has 9 aromatic carbocycles. The quantitative estimate of drug-likeness (QED) is 0.154. The number of aromatic nitrogens is 5. The molecule has 286 valence electrons. The standard InChI is InChI=1S/C56H37N5/c1-6-19-38(20-7-1)44-27-18-28-45(37-44)56-58-54(42-25-12-4-13-26-42)57-55(59-56)43-35-33-40(34-36-43)49-47-31-16-17-32-48(47)53-51(50(49)39-21-8-2-9-22-39)52(41-23-10-3-11-24-41)60-61(53)46-29-14-5-15-30-46/h1-37H. The Kier molecular flexibility index (Phi) is 9.10. The molecule has 0 aliphatic carbocycles. The molecule has 11 rings (SSSR count). The molecule has 0 radical (unpaired) electrons. The van der Waals surface area contributed by atoms with Gasteiger partial charge in [-0.05, 0) is 51.4 Å². The van der Waals surface area contributed by atoms with Gasteiger partial charge in [0.15, 0.2) is 17.5 Å². The monoisotopic (exact) mass is 779 g/mol.